The van der Waals surface area contributed by atoms with Gasteiger partial charge in [0.05, 0.1) is 5.41 Å². The average molecular weight is 258 g/mol. The molecule has 18 heavy (non-hydrogen) atoms. The van der Waals surface area contributed by atoms with E-state index < -0.39 is 11.4 Å². The van der Waals surface area contributed by atoms with E-state index in [1.165, 1.54) is 12.8 Å². The van der Waals surface area contributed by atoms with E-state index in [0.717, 1.165) is 31.2 Å². The Labute approximate surface area is 130 Å². The normalized spacial score (nSPS) is 17.8. The summed E-state index contributed by atoms with van der Waals surface area (Å²) in [4.78, 5) is 11.6. The first kappa shape index (κ1) is 17.6. The van der Waals surface area contributed by atoms with E-state index in [2.05, 4.69) is 0 Å². The van der Waals surface area contributed by atoms with Crippen molar-refractivity contribution in [3.8, 4) is 0 Å². The Morgan fingerprint density at radius 3 is 1.94 bits per heavy atom. The summed E-state index contributed by atoms with van der Waals surface area (Å²) < 4.78 is 0. The van der Waals surface area contributed by atoms with Crippen LogP contribution in [0.3, 0.4) is 0 Å². The van der Waals surface area contributed by atoms with Crippen LogP contribution in [-0.4, -0.2) is 16.6 Å². The molecule has 0 unspecified atom stereocenters. The molecule has 4 heteroatoms. The minimum absolute atomic E-state index is 0. The summed E-state index contributed by atoms with van der Waals surface area (Å²) in [7, 11) is 0. The number of carboxylic acid groups (broad SMARTS) is 1. The first-order chi connectivity index (χ1) is 7.76. The number of hydrogen-bond acceptors (Lipinski definition) is 2. The third kappa shape index (κ3) is 3.58. The van der Waals surface area contributed by atoms with Crippen molar-refractivity contribution in [2.24, 2.45) is 0 Å². The molecule has 1 fully saturated rings. The van der Waals surface area contributed by atoms with Crippen molar-refractivity contribution in [3.05, 3.63) is 35.9 Å². The van der Waals surface area contributed by atoms with Crippen molar-refractivity contribution in [3.63, 3.8) is 0 Å². The summed E-state index contributed by atoms with van der Waals surface area (Å²) >= 11 is 0. The predicted molar refractivity (Wildman–Crippen MR) is 65.4 cm³/mol. The topological polar surface area (TPSA) is 67.3 Å². The molecule has 3 nitrogen and oxygen atoms in total. The van der Waals surface area contributed by atoms with Crippen LogP contribution < -0.4 is 29.6 Å². The molecular weight excluding hydrogens is 239 g/mol. The molecule has 0 aliphatic heterocycles. The monoisotopic (exact) mass is 258 g/mol. The van der Waals surface area contributed by atoms with Gasteiger partial charge in [-0.25, -0.2) is 0 Å². The average Bonchev–Trinajstić information content (AvgIpc) is 2.56. The van der Waals surface area contributed by atoms with Gasteiger partial charge in [0.15, 0.2) is 0 Å². The van der Waals surface area contributed by atoms with Crippen molar-refractivity contribution in [1.29, 1.82) is 0 Å². The maximum Gasteiger partial charge on any atom is 1.00 e. The van der Waals surface area contributed by atoms with Gasteiger partial charge in [0.2, 0.25) is 0 Å². The van der Waals surface area contributed by atoms with Gasteiger partial charge in [0.25, 0.3) is 0 Å². The van der Waals surface area contributed by atoms with Crippen molar-refractivity contribution in [1.82, 2.24) is 0 Å². The van der Waals surface area contributed by atoms with Crippen LogP contribution in [0.2, 0.25) is 0 Å². The summed E-state index contributed by atoms with van der Waals surface area (Å²) in [5.41, 5.74) is 0.349. The quantitative estimate of drug-likeness (QED) is 0.608. The zero-order valence-electron chi connectivity index (χ0n) is 10.9. The minimum atomic E-state index is -0.652. The number of carbonyl (C=O) groups is 1. The van der Waals surface area contributed by atoms with Crippen LogP contribution in [0.1, 0.15) is 44.1 Å². The van der Waals surface area contributed by atoms with Crippen LogP contribution >= 0.6 is 0 Å². The molecule has 1 saturated carbocycles. The molecule has 0 atom stereocenters. The first-order valence-corrected chi connectivity index (χ1v) is 6.05. The second-order valence-electron chi connectivity index (χ2n) is 4.67. The fraction of sp³-hybridized carbons (Fsp3) is 0.500. The molecule has 0 aromatic heterocycles. The molecule has 1 aliphatic carbocycles. The number of rotatable bonds is 2. The summed E-state index contributed by atoms with van der Waals surface area (Å²) in [6, 6.07) is 9.73. The molecule has 0 spiro atoms. The molecule has 1 aliphatic rings. The zero-order valence-corrected chi connectivity index (χ0v) is 12.9. The molecule has 0 heterocycles. The summed E-state index contributed by atoms with van der Waals surface area (Å²) in [5, 5.41) is 9.57. The van der Waals surface area contributed by atoms with E-state index in [9.17, 15) is 9.90 Å². The summed E-state index contributed by atoms with van der Waals surface area (Å²) in [5.74, 6) is -0.652. The van der Waals surface area contributed by atoms with E-state index in [4.69, 9.17) is 0 Å². The zero-order chi connectivity index (χ0) is 11.4. The van der Waals surface area contributed by atoms with Crippen molar-refractivity contribution < 1.29 is 44.9 Å². The van der Waals surface area contributed by atoms with Gasteiger partial charge < -0.3 is 10.6 Å². The Bertz CT molecular complexity index is 357. The Morgan fingerprint density at radius 1 is 1.00 bits per heavy atom. The van der Waals surface area contributed by atoms with Gasteiger partial charge in [0.1, 0.15) is 0 Å². The van der Waals surface area contributed by atoms with Crippen LogP contribution in [0.4, 0.5) is 0 Å². The molecule has 94 valence electrons. The van der Waals surface area contributed by atoms with Crippen LogP contribution in [0.15, 0.2) is 30.3 Å². The van der Waals surface area contributed by atoms with Crippen LogP contribution in [0, 0.1) is 0 Å². The molecule has 2 N–H and O–H groups in total. The Morgan fingerprint density at radius 2 is 1.50 bits per heavy atom. The second kappa shape index (κ2) is 7.95. The van der Waals surface area contributed by atoms with Crippen molar-refractivity contribution in [2.45, 2.75) is 43.9 Å². The molecule has 1 aromatic rings. The predicted octanol–water partition coefficient (Wildman–Crippen LogP) is 0.190. The van der Waals surface area contributed by atoms with E-state index in [1.54, 1.807) is 0 Å². The maximum atomic E-state index is 11.6. The van der Waals surface area contributed by atoms with Crippen molar-refractivity contribution in [2.75, 3.05) is 0 Å². The van der Waals surface area contributed by atoms with Crippen molar-refractivity contribution >= 4 is 5.97 Å². The molecule has 2 rings (SSSR count). The SMILES string of the molecule is O=C(O)C1(c2ccccc2)CCCCCC1.[Na+].[OH-]. The Balaban J connectivity index is 0.00000144. The Hall–Kier alpha value is -0.350. The minimum Gasteiger partial charge on any atom is -0.870 e. The van der Waals surface area contributed by atoms with Gasteiger partial charge >= 0.3 is 35.5 Å². The molecule has 1 aromatic carbocycles. The Kier molecular flexibility index (Phi) is 7.79. The fourth-order valence-electron chi connectivity index (χ4n) is 2.72. The first-order valence-electron chi connectivity index (χ1n) is 6.05. The fourth-order valence-corrected chi connectivity index (χ4v) is 2.72. The molecular formula is C14H19NaO3. The van der Waals surface area contributed by atoms with E-state index in [1.807, 2.05) is 30.3 Å². The molecule has 0 radical (unpaired) electrons. The third-order valence-corrected chi connectivity index (χ3v) is 3.69. The number of aliphatic carboxylic acids is 1. The van der Waals surface area contributed by atoms with Crippen LogP contribution in [0.5, 0.6) is 0 Å². The molecule has 0 amide bonds. The largest absolute Gasteiger partial charge is 1.00 e. The van der Waals surface area contributed by atoms with Gasteiger partial charge in [0, 0.05) is 0 Å². The van der Waals surface area contributed by atoms with Gasteiger partial charge in [-0.2, -0.15) is 0 Å². The number of benzene rings is 1. The van der Waals surface area contributed by atoms with Gasteiger partial charge in [-0.1, -0.05) is 56.0 Å². The standard InChI is InChI=1S/C14H18O2.Na.H2O/c15-13(16)14(10-6-1-2-7-11-14)12-8-4-3-5-9-12;;/h3-5,8-9H,1-2,6-7,10-11H2,(H,15,16);;1H2/q;+1;/p-1. The second-order valence-corrected chi connectivity index (χ2v) is 4.67. The smallest absolute Gasteiger partial charge is 0.870 e. The maximum absolute atomic E-state index is 11.6. The molecule has 0 saturated heterocycles. The van der Waals surface area contributed by atoms with E-state index in [0.29, 0.717) is 0 Å². The third-order valence-electron chi connectivity index (χ3n) is 3.69. The number of carboxylic acids is 1. The number of hydrogen-bond donors (Lipinski definition) is 1. The molecule has 0 bridgehead atoms. The van der Waals surface area contributed by atoms with Gasteiger partial charge in [-0.3, -0.25) is 4.79 Å². The van der Waals surface area contributed by atoms with E-state index in [-0.39, 0.29) is 35.0 Å². The van der Waals surface area contributed by atoms with Gasteiger partial charge in [-0.05, 0) is 18.4 Å². The van der Waals surface area contributed by atoms with E-state index >= 15 is 0 Å². The summed E-state index contributed by atoms with van der Waals surface area (Å²) in [6.07, 6.45) is 5.96. The van der Waals surface area contributed by atoms with Crippen LogP contribution in [0.25, 0.3) is 0 Å². The van der Waals surface area contributed by atoms with Gasteiger partial charge in [-0.15, -0.1) is 0 Å². The van der Waals surface area contributed by atoms with Crippen LogP contribution in [-0.2, 0) is 10.2 Å². The summed E-state index contributed by atoms with van der Waals surface area (Å²) in [6.45, 7) is 0.